The van der Waals surface area contributed by atoms with E-state index in [0.29, 0.717) is 5.88 Å². The Morgan fingerprint density at radius 3 is 2.65 bits per heavy atom. The van der Waals surface area contributed by atoms with Crippen LogP contribution in [-0.2, 0) is 6.42 Å². The number of furan rings is 1. The minimum Gasteiger partial charge on any atom is -0.448 e. The number of aromatic nitrogens is 1. The first-order valence-electron chi connectivity index (χ1n) is 11.5. The van der Waals surface area contributed by atoms with Gasteiger partial charge in [-0.2, -0.15) is 0 Å². The van der Waals surface area contributed by atoms with Crippen molar-refractivity contribution < 1.29 is 8.81 Å². The summed E-state index contributed by atoms with van der Waals surface area (Å²) < 4.78 is 22.2. The molecule has 1 aliphatic rings. The number of hydrogen-bond acceptors (Lipinski definition) is 5. The van der Waals surface area contributed by atoms with Gasteiger partial charge >= 0.3 is 0 Å². The van der Waals surface area contributed by atoms with Gasteiger partial charge in [0.05, 0.1) is 11.8 Å². The predicted molar refractivity (Wildman–Crippen MR) is 136 cm³/mol. The maximum Gasteiger partial charge on any atom is 0.257 e. The van der Waals surface area contributed by atoms with E-state index < -0.39 is 0 Å². The Morgan fingerprint density at radius 1 is 0.971 bits per heavy atom. The van der Waals surface area contributed by atoms with Crippen molar-refractivity contribution in [1.82, 2.24) is 9.47 Å². The summed E-state index contributed by atoms with van der Waals surface area (Å²) in [6.45, 7) is 4.57. The van der Waals surface area contributed by atoms with Crippen molar-refractivity contribution in [3.05, 3.63) is 94.0 Å². The number of rotatable bonds is 5. The van der Waals surface area contributed by atoms with Gasteiger partial charge in [-0.3, -0.25) is 9.69 Å². The largest absolute Gasteiger partial charge is 0.448 e. The molecule has 3 aromatic heterocycles. The van der Waals surface area contributed by atoms with Gasteiger partial charge in [0.25, 0.3) is 5.56 Å². The molecule has 7 heteroatoms. The number of benzene rings is 2. The number of anilines is 1. The summed E-state index contributed by atoms with van der Waals surface area (Å²) in [5, 5.41) is 4.17. The Hall–Kier alpha value is -3.42. The topological polar surface area (TPSA) is 41.6 Å². The Kier molecular flexibility index (Phi) is 5.43. The minimum atomic E-state index is -0.170. The molecule has 5 aromatic rings. The molecule has 0 N–H and O–H groups in total. The van der Waals surface area contributed by atoms with Gasteiger partial charge in [-0.1, -0.05) is 12.1 Å². The van der Waals surface area contributed by atoms with E-state index in [9.17, 15) is 9.18 Å². The molecule has 5 nitrogen and oxygen atoms in total. The van der Waals surface area contributed by atoms with Crippen LogP contribution in [0.1, 0.15) is 5.56 Å². The summed E-state index contributed by atoms with van der Waals surface area (Å²) in [6.07, 6.45) is 2.48. The molecular weight excluding hydrogens is 449 g/mol. The summed E-state index contributed by atoms with van der Waals surface area (Å²) in [5.41, 5.74) is 2.94. The molecule has 1 fully saturated rings. The molecule has 0 atom stereocenters. The minimum absolute atomic E-state index is 0.104. The van der Waals surface area contributed by atoms with Crippen molar-refractivity contribution in [3.63, 3.8) is 0 Å². The lowest BCUT2D eigenvalue weighted by molar-refractivity contribution is 0.261. The number of nitrogens with zero attached hydrogens (tertiary/aromatic N) is 3. The first kappa shape index (κ1) is 21.1. The molecule has 0 saturated carbocycles. The summed E-state index contributed by atoms with van der Waals surface area (Å²) in [6, 6.07) is 18.7. The predicted octanol–water partition coefficient (Wildman–Crippen LogP) is 5.30. The highest BCUT2D eigenvalue weighted by Gasteiger charge is 2.20. The average molecular weight is 474 g/mol. The van der Waals surface area contributed by atoms with Gasteiger partial charge in [-0.05, 0) is 59.1 Å². The van der Waals surface area contributed by atoms with Crippen molar-refractivity contribution in [2.45, 2.75) is 6.42 Å². The van der Waals surface area contributed by atoms with Gasteiger partial charge in [0.2, 0.25) is 5.88 Å². The van der Waals surface area contributed by atoms with Gasteiger partial charge in [-0.25, -0.2) is 8.96 Å². The Balaban J connectivity index is 1.16. The third-order valence-corrected chi connectivity index (χ3v) is 7.50. The Labute approximate surface area is 200 Å². The highest BCUT2D eigenvalue weighted by Crippen LogP contribution is 2.32. The highest BCUT2D eigenvalue weighted by atomic mass is 32.1. The molecule has 6 rings (SSSR count). The maximum absolute atomic E-state index is 14.1. The van der Waals surface area contributed by atoms with E-state index in [1.54, 1.807) is 52.5 Å². The van der Waals surface area contributed by atoms with E-state index in [1.165, 1.54) is 5.56 Å². The number of fused-ring (bicyclic) bond motifs is 2. The molecule has 0 radical (unpaired) electrons. The molecule has 34 heavy (non-hydrogen) atoms. The maximum atomic E-state index is 14.1. The zero-order chi connectivity index (χ0) is 23.1. The van der Waals surface area contributed by atoms with Crippen LogP contribution in [0.5, 0.6) is 0 Å². The fourth-order valence-corrected chi connectivity index (χ4v) is 5.67. The SMILES string of the molecule is O=c1ccc2ccc(CCN3CCN(c4cc(F)cc5sccc45)CC3)cc2n1-c1ccco1. The van der Waals surface area contributed by atoms with Crippen LogP contribution in [0, 0.1) is 5.82 Å². The number of pyridine rings is 1. The lowest BCUT2D eigenvalue weighted by Crippen LogP contribution is -2.47. The van der Waals surface area contributed by atoms with Crippen LogP contribution in [0.3, 0.4) is 0 Å². The van der Waals surface area contributed by atoms with Crippen molar-refractivity contribution in [1.29, 1.82) is 0 Å². The smallest absolute Gasteiger partial charge is 0.257 e. The van der Waals surface area contributed by atoms with E-state index in [4.69, 9.17) is 4.42 Å². The van der Waals surface area contributed by atoms with Crippen molar-refractivity contribution in [2.75, 3.05) is 37.6 Å². The van der Waals surface area contributed by atoms with Crippen LogP contribution < -0.4 is 10.5 Å². The summed E-state index contributed by atoms with van der Waals surface area (Å²) in [4.78, 5) is 17.3. The number of piperazine rings is 1. The fraction of sp³-hybridized carbons (Fsp3) is 0.222. The van der Waals surface area contributed by atoms with Gasteiger partial charge in [0.15, 0.2) is 0 Å². The van der Waals surface area contributed by atoms with Crippen LogP contribution in [-0.4, -0.2) is 42.2 Å². The molecule has 172 valence electrons. The van der Waals surface area contributed by atoms with Gasteiger partial charge in [0, 0.05) is 60.6 Å². The summed E-state index contributed by atoms with van der Waals surface area (Å²) in [7, 11) is 0. The van der Waals surface area contributed by atoms with Gasteiger partial charge in [0.1, 0.15) is 5.82 Å². The first-order chi connectivity index (χ1) is 16.7. The van der Waals surface area contributed by atoms with Crippen LogP contribution >= 0.6 is 11.3 Å². The van der Waals surface area contributed by atoms with Crippen LogP contribution in [0.4, 0.5) is 10.1 Å². The summed E-state index contributed by atoms with van der Waals surface area (Å²) in [5.74, 6) is 0.359. The molecule has 1 aliphatic heterocycles. The normalized spacial score (nSPS) is 14.9. The number of thiophene rings is 1. The van der Waals surface area contributed by atoms with E-state index in [2.05, 4.69) is 34.1 Å². The van der Waals surface area contributed by atoms with E-state index in [1.807, 2.05) is 11.4 Å². The first-order valence-corrected chi connectivity index (χ1v) is 12.4. The Morgan fingerprint density at radius 2 is 1.82 bits per heavy atom. The quantitative estimate of drug-likeness (QED) is 0.347. The third-order valence-electron chi connectivity index (χ3n) is 6.63. The Bertz CT molecular complexity index is 1510. The second-order valence-corrected chi connectivity index (χ2v) is 9.64. The molecule has 1 saturated heterocycles. The zero-order valence-electron chi connectivity index (χ0n) is 18.6. The van der Waals surface area contributed by atoms with Crippen LogP contribution in [0.2, 0.25) is 0 Å². The van der Waals surface area contributed by atoms with Crippen molar-refractivity contribution in [3.8, 4) is 5.88 Å². The zero-order valence-corrected chi connectivity index (χ0v) is 19.4. The lowest BCUT2D eigenvalue weighted by atomic mass is 10.1. The molecule has 0 aliphatic carbocycles. The molecule has 0 bridgehead atoms. The standard InChI is InChI=1S/C27H24FN3O2S/c28-21-17-24(22-8-15-34-25(22)18-21)30-12-10-29(11-13-30)9-7-19-3-4-20-5-6-26(32)31(23(20)16-19)27-2-1-14-33-27/h1-6,8,14-18H,7,9-13H2. The number of hydrogen-bond donors (Lipinski definition) is 0. The van der Waals surface area contributed by atoms with E-state index in [-0.39, 0.29) is 11.4 Å². The molecular formula is C27H24FN3O2S. The van der Waals surface area contributed by atoms with Crippen LogP contribution in [0.15, 0.2) is 81.5 Å². The average Bonchev–Trinajstić information content (AvgIpc) is 3.55. The third kappa shape index (κ3) is 3.91. The lowest BCUT2D eigenvalue weighted by Gasteiger charge is -2.36. The van der Waals surface area contributed by atoms with E-state index >= 15 is 0 Å². The van der Waals surface area contributed by atoms with Gasteiger partial charge in [-0.15, -0.1) is 11.3 Å². The van der Waals surface area contributed by atoms with Gasteiger partial charge < -0.3 is 9.32 Å². The van der Waals surface area contributed by atoms with E-state index in [0.717, 1.165) is 65.8 Å². The molecule has 2 aromatic carbocycles. The fourth-order valence-electron chi connectivity index (χ4n) is 4.84. The second-order valence-electron chi connectivity index (χ2n) is 8.69. The molecule has 0 spiro atoms. The monoisotopic (exact) mass is 473 g/mol. The van der Waals surface area contributed by atoms with Crippen molar-refractivity contribution in [2.24, 2.45) is 0 Å². The highest BCUT2D eigenvalue weighted by molar-refractivity contribution is 7.17. The molecule has 0 amide bonds. The second kappa shape index (κ2) is 8.74. The van der Waals surface area contributed by atoms with Crippen LogP contribution in [0.25, 0.3) is 26.9 Å². The van der Waals surface area contributed by atoms with Crippen molar-refractivity contribution >= 4 is 38.0 Å². The molecule has 0 unspecified atom stereocenters. The molecule has 4 heterocycles. The summed E-state index contributed by atoms with van der Waals surface area (Å²) >= 11 is 1.58. The number of halogens is 1.